The fraction of sp³-hybridized carbons (Fsp3) is 0.450. The molecule has 0 spiro atoms. The van der Waals surface area contributed by atoms with E-state index < -0.39 is 5.91 Å². The van der Waals surface area contributed by atoms with Crippen molar-refractivity contribution in [3.63, 3.8) is 0 Å². The molecule has 1 fully saturated rings. The number of likely N-dealkylation sites (tertiary alicyclic amines) is 1. The molecule has 5 heteroatoms. The molecule has 3 rings (SSSR count). The number of primary amides is 1. The van der Waals surface area contributed by atoms with E-state index in [2.05, 4.69) is 9.47 Å². The van der Waals surface area contributed by atoms with Crippen LogP contribution in [0.1, 0.15) is 41.0 Å². The van der Waals surface area contributed by atoms with Crippen molar-refractivity contribution in [1.29, 1.82) is 0 Å². The number of nitrogens with zero attached hydrogens (tertiary/aromatic N) is 2. The Kier molecular flexibility index (Phi) is 5.13. The molecule has 0 atom stereocenters. The van der Waals surface area contributed by atoms with Crippen LogP contribution in [-0.4, -0.2) is 40.1 Å². The fourth-order valence-electron chi connectivity index (χ4n) is 3.96. The first kappa shape index (κ1) is 17.5. The van der Waals surface area contributed by atoms with E-state index in [9.17, 15) is 9.90 Å². The first-order valence-corrected chi connectivity index (χ1v) is 9.00. The smallest absolute Gasteiger partial charge is 0.251 e. The number of aromatic nitrogens is 1. The summed E-state index contributed by atoms with van der Waals surface area (Å²) in [5, 5.41) is 9.81. The number of aromatic hydroxyl groups is 1. The number of phenolic OH excluding ortho intramolecular Hbond substituents is 1. The minimum absolute atomic E-state index is 0.186. The molecule has 2 heterocycles. The summed E-state index contributed by atoms with van der Waals surface area (Å²) < 4.78 is 2.19. The van der Waals surface area contributed by atoms with Crippen LogP contribution in [0.3, 0.4) is 0 Å². The first-order chi connectivity index (χ1) is 12.0. The van der Waals surface area contributed by atoms with Gasteiger partial charge >= 0.3 is 0 Å². The van der Waals surface area contributed by atoms with Gasteiger partial charge in [-0.25, -0.2) is 0 Å². The Morgan fingerprint density at radius 1 is 1.12 bits per heavy atom. The van der Waals surface area contributed by atoms with Gasteiger partial charge in [-0.1, -0.05) is 18.6 Å². The van der Waals surface area contributed by atoms with Crippen LogP contribution in [0.4, 0.5) is 0 Å². The third-order valence-electron chi connectivity index (χ3n) is 5.25. The quantitative estimate of drug-likeness (QED) is 0.878. The van der Waals surface area contributed by atoms with E-state index in [1.54, 1.807) is 18.2 Å². The molecule has 1 aromatic carbocycles. The molecule has 25 heavy (non-hydrogen) atoms. The Bertz CT molecular complexity index is 773. The number of nitrogens with two attached hydrogens (primary N) is 1. The van der Waals surface area contributed by atoms with Gasteiger partial charge in [-0.3, -0.25) is 4.79 Å². The molecular weight excluding hydrogens is 314 g/mol. The van der Waals surface area contributed by atoms with Gasteiger partial charge in [0.1, 0.15) is 5.75 Å². The standard InChI is InChI=1S/C20H27N3O2/c1-14-18(16-7-6-8-17(24)13-16)19(20(21)25)15(2)23(14)12-11-22-9-4-3-5-10-22/h6-8,13,24H,3-5,9-12H2,1-2H3,(H2,21,25). The molecular formula is C20H27N3O2. The summed E-state index contributed by atoms with van der Waals surface area (Å²) in [5.41, 5.74) is 9.83. The molecule has 0 saturated carbocycles. The largest absolute Gasteiger partial charge is 0.508 e. The predicted octanol–water partition coefficient (Wildman–Crippen LogP) is 3.06. The number of phenols is 1. The van der Waals surface area contributed by atoms with E-state index in [1.807, 2.05) is 19.9 Å². The van der Waals surface area contributed by atoms with Gasteiger partial charge in [0.15, 0.2) is 0 Å². The summed E-state index contributed by atoms with van der Waals surface area (Å²) in [6.07, 6.45) is 3.86. The summed E-state index contributed by atoms with van der Waals surface area (Å²) in [6.45, 7) is 8.11. The average molecular weight is 341 g/mol. The molecule has 1 saturated heterocycles. The van der Waals surface area contributed by atoms with Gasteiger partial charge in [0.2, 0.25) is 0 Å². The zero-order valence-corrected chi connectivity index (χ0v) is 15.1. The van der Waals surface area contributed by atoms with E-state index >= 15 is 0 Å². The van der Waals surface area contributed by atoms with Crippen LogP contribution < -0.4 is 5.73 Å². The lowest BCUT2D eigenvalue weighted by Crippen LogP contribution is -2.32. The average Bonchev–Trinajstić information content (AvgIpc) is 2.84. The van der Waals surface area contributed by atoms with Crippen LogP contribution in [0.5, 0.6) is 5.75 Å². The SMILES string of the molecule is Cc1c(C(N)=O)c(-c2cccc(O)c2)c(C)n1CCN1CCCCC1. The van der Waals surface area contributed by atoms with Crippen molar-refractivity contribution in [3.8, 4) is 16.9 Å². The van der Waals surface area contributed by atoms with Crippen LogP contribution in [0, 0.1) is 13.8 Å². The van der Waals surface area contributed by atoms with Crippen molar-refractivity contribution in [1.82, 2.24) is 9.47 Å². The lowest BCUT2D eigenvalue weighted by Gasteiger charge is -2.27. The maximum absolute atomic E-state index is 12.1. The topological polar surface area (TPSA) is 71.5 Å². The van der Waals surface area contributed by atoms with Gasteiger partial charge in [-0.05, 0) is 57.5 Å². The monoisotopic (exact) mass is 341 g/mol. The van der Waals surface area contributed by atoms with E-state index in [-0.39, 0.29) is 5.75 Å². The van der Waals surface area contributed by atoms with Crippen molar-refractivity contribution in [2.75, 3.05) is 19.6 Å². The molecule has 2 aromatic rings. The third kappa shape index (κ3) is 3.56. The van der Waals surface area contributed by atoms with Crippen molar-refractivity contribution < 1.29 is 9.90 Å². The van der Waals surface area contributed by atoms with Gasteiger partial charge in [-0.2, -0.15) is 0 Å². The highest BCUT2D eigenvalue weighted by Crippen LogP contribution is 2.33. The summed E-state index contributed by atoms with van der Waals surface area (Å²) in [6, 6.07) is 7.00. The van der Waals surface area contributed by atoms with Gasteiger partial charge in [0.05, 0.1) is 5.56 Å². The summed E-state index contributed by atoms with van der Waals surface area (Å²) in [5.74, 6) is -0.235. The predicted molar refractivity (Wildman–Crippen MR) is 99.8 cm³/mol. The van der Waals surface area contributed by atoms with Crippen molar-refractivity contribution in [2.45, 2.75) is 39.7 Å². The van der Waals surface area contributed by atoms with E-state index in [1.165, 1.54) is 19.3 Å². The first-order valence-electron chi connectivity index (χ1n) is 9.00. The van der Waals surface area contributed by atoms with Crippen LogP contribution >= 0.6 is 0 Å². The molecule has 0 unspecified atom stereocenters. The number of amides is 1. The van der Waals surface area contributed by atoms with Gasteiger partial charge in [0.25, 0.3) is 5.91 Å². The second-order valence-electron chi connectivity index (χ2n) is 6.89. The third-order valence-corrected chi connectivity index (χ3v) is 5.25. The number of rotatable bonds is 5. The van der Waals surface area contributed by atoms with Crippen LogP contribution in [-0.2, 0) is 6.54 Å². The van der Waals surface area contributed by atoms with E-state index in [0.29, 0.717) is 5.56 Å². The second-order valence-corrected chi connectivity index (χ2v) is 6.89. The highest BCUT2D eigenvalue weighted by Gasteiger charge is 2.23. The second kappa shape index (κ2) is 7.31. The van der Waals surface area contributed by atoms with Crippen molar-refractivity contribution in [3.05, 3.63) is 41.2 Å². The van der Waals surface area contributed by atoms with Gasteiger partial charge < -0.3 is 20.3 Å². The summed E-state index contributed by atoms with van der Waals surface area (Å²) in [7, 11) is 0. The summed E-state index contributed by atoms with van der Waals surface area (Å²) >= 11 is 0. The molecule has 1 aliphatic heterocycles. The van der Waals surface area contributed by atoms with Crippen molar-refractivity contribution >= 4 is 5.91 Å². The molecule has 0 aliphatic carbocycles. The number of carbonyl (C=O) groups excluding carboxylic acids is 1. The molecule has 0 bridgehead atoms. The maximum Gasteiger partial charge on any atom is 0.251 e. The van der Waals surface area contributed by atoms with Crippen LogP contribution in [0.15, 0.2) is 24.3 Å². The minimum atomic E-state index is -0.421. The Hall–Kier alpha value is -2.27. The molecule has 1 amide bonds. The van der Waals surface area contributed by atoms with Gasteiger partial charge in [0, 0.05) is 30.0 Å². The number of piperidine rings is 1. The van der Waals surface area contributed by atoms with E-state index in [0.717, 1.165) is 48.7 Å². The number of hydrogen-bond donors (Lipinski definition) is 2. The Morgan fingerprint density at radius 2 is 1.84 bits per heavy atom. The molecule has 5 nitrogen and oxygen atoms in total. The van der Waals surface area contributed by atoms with Crippen LogP contribution in [0.2, 0.25) is 0 Å². The summed E-state index contributed by atoms with van der Waals surface area (Å²) in [4.78, 5) is 14.6. The zero-order valence-electron chi connectivity index (χ0n) is 15.1. The lowest BCUT2D eigenvalue weighted by molar-refractivity contribution is 0.1000. The highest BCUT2D eigenvalue weighted by molar-refractivity contribution is 6.02. The highest BCUT2D eigenvalue weighted by atomic mass is 16.3. The number of carbonyl (C=O) groups is 1. The molecule has 3 N–H and O–H groups in total. The Labute approximate surface area is 149 Å². The maximum atomic E-state index is 12.1. The Morgan fingerprint density at radius 3 is 2.48 bits per heavy atom. The molecule has 1 aliphatic rings. The van der Waals surface area contributed by atoms with Crippen LogP contribution in [0.25, 0.3) is 11.1 Å². The van der Waals surface area contributed by atoms with E-state index in [4.69, 9.17) is 5.73 Å². The Balaban J connectivity index is 1.96. The number of hydrogen-bond acceptors (Lipinski definition) is 3. The van der Waals surface area contributed by atoms with Crippen molar-refractivity contribution in [2.24, 2.45) is 5.73 Å². The minimum Gasteiger partial charge on any atom is -0.508 e. The van der Waals surface area contributed by atoms with Gasteiger partial charge in [-0.15, -0.1) is 0 Å². The normalized spacial score (nSPS) is 15.4. The fourth-order valence-corrected chi connectivity index (χ4v) is 3.96. The molecule has 1 aromatic heterocycles. The molecule has 134 valence electrons. The number of benzene rings is 1. The lowest BCUT2D eigenvalue weighted by atomic mass is 10.00. The molecule has 0 radical (unpaired) electrons. The zero-order chi connectivity index (χ0) is 18.0.